The maximum Gasteiger partial charge on any atom is 0.360 e. The first-order valence-electron chi connectivity index (χ1n) is 4.87. The van der Waals surface area contributed by atoms with Crippen LogP contribution in [0.5, 0.6) is 0 Å². The topological polar surface area (TPSA) is 3.24 Å². The molecule has 0 aliphatic heterocycles. The Labute approximate surface area is 138 Å². The van der Waals surface area contributed by atoms with Crippen molar-refractivity contribution in [3.05, 3.63) is 0 Å². The van der Waals surface area contributed by atoms with E-state index >= 15 is 0 Å². The molecule has 17 heavy (non-hydrogen) atoms. The Morgan fingerprint density at radius 2 is 1.00 bits per heavy atom. The van der Waals surface area contributed by atoms with Crippen LogP contribution in [0.25, 0.3) is 0 Å². The van der Waals surface area contributed by atoms with Crippen molar-refractivity contribution in [3.63, 3.8) is 0 Å². The quantitative estimate of drug-likeness (QED) is 0.423. The summed E-state index contributed by atoms with van der Waals surface area (Å²) in [5, 5.41) is 0. The molecule has 0 heterocycles. The summed E-state index contributed by atoms with van der Waals surface area (Å²) in [7, 11) is 0. The molecular weight excluding hydrogens is 419 g/mol. The SMILES string of the molecule is CC(C)N(C(C)C)[Si](Cl)(Cl)[Si](Cl)(Cl)[Si](Cl)(Cl)Cl. The zero-order valence-electron chi connectivity index (χ0n) is 9.75. The third-order valence-electron chi connectivity index (χ3n) is 2.17. The summed E-state index contributed by atoms with van der Waals surface area (Å²) in [6.07, 6.45) is -3.21. The van der Waals surface area contributed by atoms with Crippen molar-refractivity contribution >= 4 is 95.2 Å². The van der Waals surface area contributed by atoms with E-state index in [0.29, 0.717) is 0 Å². The Kier molecular flexibility index (Phi) is 7.63. The van der Waals surface area contributed by atoms with Crippen LogP contribution in [0.1, 0.15) is 27.7 Å². The molecule has 0 aromatic carbocycles. The fraction of sp³-hybridized carbons (Fsp3) is 1.00. The van der Waals surface area contributed by atoms with Gasteiger partial charge in [-0.05, 0) is 12.1 Å². The van der Waals surface area contributed by atoms with Gasteiger partial charge in [0.15, 0.2) is 0 Å². The van der Waals surface area contributed by atoms with Gasteiger partial charge in [-0.2, -0.15) is 0 Å². The van der Waals surface area contributed by atoms with Crippen molar-refractivity contribution in [3.8, 4) is 0 Å². The third kappa shape index (κ3) is 4.30. The first-order valence-corrected chi connectivity index (χ1v) is 19.9. The van der Waals surface area contributed by atoms with E-state index in [1.54, 1.807) is 0 Å². The normalized spacial score (nSPS) is 15.2. The second kappa shape index (κ2) is 6.60. The lowest BCUT2D eigenvalue weighted by Gasteiger charge is -2.44. The maximum absolute atomic E-state index is 6.48. The van der Waals surface area contributed by atoms with Crippen LogP contribution >= 0.6 is 77.6 Å². The molecule has 1 nitrogen and oxygen atoms in total. The minimum atomic E-state index is -3.35. The molecule has 0 amide bonds. The van der Waals surface area contributed by atoms with Crippen LogP contribution in [0.4, 0.5) is 0 Å². The van der Waals surface area contributed by atoms with Gasteiger partial charge in [0.05, 0.1) is 0 Å². The molecule has 0 aromatic heterocycles. The third-order valence-corrected chi connectivity index (χ3v) is 56.9. The molecule has 0 N–H and O–H groups in total. The summed E-state index contributed by atoms with van der Waals surface area (Å²) in [6.45, 7) is 7.85. The van der Waals surface area contributed by atoms with Crippen LogP contribution < -0.4 is 0 Å². The van der Waals surface area contributed by atoms with Gasteiger partial charge in [0.1, 0.15) is 0 Å². The lowest BCUT2D eigenvalue weighted by Crippen LogP contribution is -2.71. The Morgan fingerprint density at radius 3 is 1.18 bits per heavy atom. The lowest BCUT2D eigenvalue weighted by molar-refractivity contribution is 0.311. The van der Waals surface area contributed by atoms with Crippen molar-refractivity contribution in [2.45, 2.75) is 39.8 Å². The summed E-state index contributed by atoms with van der Waals surface area (Å²) in [5.74, 6) is 0. The summed E-state index contributed by atoms with van der Waals surface area (Å²) >= 11 is 43.5. The largest absolute Gasteiger partial charge is 0.360 e. The van der Waals surface area contributed by atoms with Gasteiger partial charge < -0.3 is 0 Å². The van der Waals surface area contributed by atoms with Crippen molar-refractivity contribution < 1.29 is 0 Å². The van der Waals surface area contributed by atoms with Crippen LogP contribution in [0, 0.1) is 0 Å². The Bertz CT molecular complexity index is 257. The van der Waals surface area contributed by atoms with E-state index in [9.17, 15) is 0 Å². The van der Waals surface area contributed by atoms with E-state index in [1.165, 1.54) is 0 Å². The number of rotatable bonds is 5. The first-order chi connectivity index (χ1) is 7.26. The minimum Gasteiger partial charge on any atom is -0.296 e. The average Bonchev–Trinajstić information content (AvgIpc) is 1.98. The molecule has 11 heteroatoms. The number of hydrogen-bond acceptors (Lipinski definition) is 1. The second-order valence-corrected chi connectivity index (χ2v) is 41.6. The van der Waals surface area contributed by atoms with Crippen LogP contribution in [0.15, 0.2) is 0 Å². The average molecular weight is 433 g/mol. The lowest BCUT2D eigenvalue weighted by atomic mass is 10.3. The van der Waals surface area contributed by atoms with E-state index in [1.807, 2.05) is 32.3 Å². The molecule has 0 radical (unpaired) electrons. The van der Waals surface area contributed by atoms with Crippen LogP contribution in [-0.2, 0) is 0 Å². The molecule has 0 bridgehead atoms. The predicted octanol–water partition coefficient (Wildman–Crippen LogP) is 5.25. The van der Waals surface area contributed by atoms with Gasteiger partial charge >= 0.3 is 17.6 Å². The number of hydrogen-bond donors (Lipinski definition) is 0. The van der Waals surface area contributed by atoms with Crippen molar-refractivity contribution in [1.82, 2.24) is 4.57 Å². The number of nitrogens with zero attached hydrogens (tertiary/aromatic N) is 1. The highest BCUT2D eigenvalue weighted by molar-refractivity contribution is 8.19. The van der Waals surface area contributed by atoms with Gasteiger partial charge in [0.2, 0.25) is 0 Å². The summed E-state index contributed by atoms with van der Waals surface area (Å²) in [4.78, 5) is 0. The molecule has 0 spiro atoms. The molecule has 0 saturated heterocycles. The van der Waals surface area contributed by atoms with E-state index in [-0.39, 0.29) is 12.1 Å². The molecule has 0 atom stereocenters. The van der Waals surface area contributed by atoms with Gasteiger partial charge in [-0.3, -0.25) is 4.57 Å². The molecule has 104 valence electrons. The van der Waals surface area contributed by atoms with Gasteiger partial charge in [-0.1, -0.05) is 27.7 Å². The van der Waals surface area contributed by atoms with Crippen molar-refractivity contribution in [2.24, 2.45) is 0 Å². The molecular formula is C6H14Cl7NSi3. The standard InChI is InChI=1S/C6H14Cl7NSi3/c1-5(2)14(6(3)4)16(10,11)17(12,13)15(7,8)9/h5-6H,1-4H3. The molecule has 0 aliphatic carbocycles. The number of halogens is 7. The van der Waals surface area contributed by atoms with Crippen molar-refractivity contribution in [2.75, 3.05) is 0 Å². The van der Waals surface area contributed by atoms with Gasteiger partial charge in [-0.15, -0.1) is 77.6 Å². The Hall–Kier alpha value is 2.64. The van der Waals surface area contributed by atoms with Crippen LogP contribution in [-0.4, -0.2) is 34.3 Å². The molecule has 0 aliphatic rings. The van der Waals surface area contributed by atoms with Crippen LogP contribution in [0.3, 0.4) is 0 Å². The van der Waals surface area contributed by atoms with E-state index in [4.69, 9.17) is 77.6 Å². The summed E-state index contributed by atoms with van der Waals surface area (Å²) in [5.41, 5.74) is -6.68. The second-order valence-electron chi connectivity index (χ2n) is 4.21. The van der Waals surface area contributed by atoms with Gasteiger partial charge in [0, 0.05) is 0 Å². The monoisotopic (exact) mass is 429 g/mol. The summed E-state index contributed by atoms with van der Waals surface area (Å²) in [6, 6.07) is 0.171. The minimum absolute atomic E-state index is 0.0855. The zero-order chi connectivity index (χ0) is 14.2. The summed E-state index contributed by atoms with van der Waals surface area (Å²) < 4.78 is 1.90. The fourth-order valence-electron chi connectivity index (χ4n) is 1.58. The molecule has 0 fully saturated rings. The highest BCUT2D eigenvalue weighted by Crippen LogP contribution is 2.48. The highest BCUT2D eigenvalue weighted by Gasteiger charge is 2.70. The molecule has 0 rings (SSSR count). The first kappa shape index (κ1) is 19.6. The smallest absolute Gasteiger partial charge is 0.296 e. The predicted molar refractivity (Wildman–Crippen MR) is 90.3 cm³/mol. The van der Waals surface area contributed by atoms with E-state index in [2.05, 4.69) is 0 Å². The zero-order valence-corrected chi connectivity index (χ0v) is 18.0. The Morgan fingerprint density at radius 1 is 0.706 bits per heavy atom. The maximum atomic E-state index is 6.48. The van der Waals surface area contributed by atoms with Crippen molar-refractivity contribution in [1.29, 1.82) is 0 Å². The molecule has 0 saturated carbocycles. The van der Waals surface area contributed by atoms with E-state index in [0.717, 1.165) is 0 Å². The van der Waals surface area contributed by atoms with Crippen LogP contribution in [0.2, 0.25) is 0 Å². The molecule has 0 unspecified atom stereocenters. The fourth-order valence-corrected chi connectivity index (χ4v) is 42.0. The Balaban J connectivity index is 5.51. The highest BCUT2D eigenvalue weighted by atomic mass is 35.9. The van der Waals surface area contributed by atoms with E-state index < -0.39 is 17.6 Å². The van der Waals surface area contributed by atoms with Gasteiger partial charge in [0.25, 0.3) is 0 Å². The molecule has 0 aromatic rings. The van der Waals surface area contributed by atoms with Gasteiger partial charge in [-0.25, -0.2) is 0 Å².